The molecule has 9 nitrogen and oxygen atoms in total. The van der Waals surface area contributed by atoms with Gasteiger partial charge in [0.15, 0.2) is 11.5 Å². The number of hydrogen-bond donors (Lipinski definition) is 2. The summed E-state index contributed by atoms with van der Waals surface area (Å²) in [6.45, 7) is 1.11. The summed E-state index contributed by atoms with van der Waals surface area (Å²) < 4.78 is 10.9. The van der Waals surface area contributed by atoms with Crippen LogP contribution in [0.15, 0.2) is 36.7 Å². The standard InChI is InChI=1S/C16H16N4O5/c21-16(18-10-11-3-1-4-17-9-11)19-12-7-14-15(8-13(12)20(22)23)25-6-2-5-24-14/h1,3-4,7-9H,2,5-6,10H2,(H2,18,19,21). The highest BCUT2D eigenvalue weighted by molar-refractivity contribution is 5.92. The van der Waals surface area contributed by atoms with Crippen LogP contribution in [0.5, 0.6) is 11.5 Å². The quantitative estimate of drug-likeness (QED) is 0.650. The summed E-state index contributed by atoms with van der Waals surface area (Å²) in [7, 11) is 0. The zero-order valence-electron chi connectivity index (χ0n) is 13.2. The van der Waals surface area contributed by atoms with Crippen molar-refractivity contribution in [1.82, 2.24) is 10.3 Å². The van der Waals surface area contributed by atoms with Crippen molar-refractivity contribution < 1.29 is 19.2 Å². The summed E-state index contributed by atoms with van der Waals surface area (Å²) in [5, 5.41) is 16.4. The molecule has 0 radical (unpaired) electrons. The molecule has 0 atom stereocenters. The fourth-order valence-corrected chi connectivity index (χ4v) is 2.30. The highest BCUT2D eigenvalue weighted by Crippen LogP contribution is 2.39. The number of nitro benzene ring substituents is 1. The average Bonchev–Trinajstić information content (AvgIpc) is 2.85. The number of pyridine rings is 1. The third-order valence-corrected chi connectivity index (χ3v) is 3.49. The Balaban J connectivity index is 1.75. The Morgan fingerprint density at radius 1 is 1.28 bits per heavy atom. The van der Waals surface area contributed by atoms with E-state index in [1.807, 2.05) is 6.07 Å². The number of rotatable bonds is 4. The van der Waals surface area contributed by atoms with Crippen molar-refractivity contribution in [3.05, 3.63) is 52.3 Å². The number of nitrogens with one attached hydrogen (secondary N) is 2. The molecule has 2 aromatic rings. The minimum Gasteiger partial charge on any atom is -0.489 e. The summed E-state index contributed by atoms with van der Waals surface area (Å²) in [6, 6.07) is 5.66. The number of benzene rings is 1. The molecule has 1 aliphatic heterocycles. The summed E-state index contributed by atoms with van der Waals surface area (Å²) in [6.07, 6.45) is 3.93. The third-order valence-electron chi connectivity index (χ3n) is 3.49. The predicted molar refractivity (Wildman–Crippen MR) is 88.8 cm³/mol. The SMILES string of the molecule is O=C(NCc1cccnc1)Nc1cc2c(cc1[N+](=O)[O-])OCCCO2. The molecule has 0 aliphatic carbocycles. The largest absolute Gasteiger partial charge is 0.489 e. The number of carbonyl (C=O) groups excluding carboxylic acids is 1. The number of fused-ring (bicyclic) bond motifs is 1. The summed E-state index contributed by atoms with van der Waals surface area (Å²) in [5.74, 6) is 0.663. The molecular weight excluding hydrogens is 328 g/mol. The van der Waals surface area contributed by atoms with Gasteiger partial charge in [-0.2, -0.15) is 0 Å². The number of nitrogens with zero attached hydrogens (tertiary/aromatic N) is 2. The molecule has 0 saturated carbocycles. The van der Waals surface area contributed by atoms with Crippen molar-refractivity contribution >= 4 is 17.4 Å². The number of carbonyl (C=O) groups is 1. The highest BCUT2D eigenvalue weighted by Gasteiger charge is 2.22. The van der Waals surface area contributed by atoms with Crippen LogP contribution in [0.4, 0.5) is 16.2 Å². The molecular formula is C16H16N4O5. The fraction of sp³-hybridized carbons (Fsp3) is 0.250. The molecule has 3 rings (SSSR count). The Labute approximate surface area is 143 Å². The molecule has 1 aromatic carbocycles. The van der Waals surface area contributed by atoms with Crippen LogP contribution in [0.3, 0.4) is 0 Å². The maximum Gasteiger partial charge on any atom is 0.319 e. The summed E-state index contributed by atoms with van der Waals surface area (Å²) in [4.78, 5) is 26.7. The van der Waals surface area contributed by atoms with Crippen LogP contribution in [0.2, 0.25) is 0 Å². The van der Waals surface area contributed by atoms with Crippen molar-refractivity contribution in [2.75, 3.05) is 18.5 Å². The maximum absolute atomic E-state index is 12.1. The first kappa shape index (κ1) is 16.5. The summed E-state index contributed by atoms with van der Waals surface area (Å²) >= 11 is 0. The number of amides is 2. The van der Waals surface area contributed by atoms with Gasteiger partial charge < -0.3 is 20.1 Å². The van der Waals surface area contributed by atoms with Crippen molar-refractivity contribution in [3.63, 3.8) is 0 Å². The van der Waals surface area contributed by atoms with Crippen LogP contribution in [0.25, 0.3) is 0 Å². The fourth-order valence-electron chi connectivity index (χ4n) is 2.30. The lowest BCUT2D eigenvalue weighted by Crippen LogP contribution is -2.28. The normalized spacial score (nSPS) is 12.8. The van der Waals surface area contributed by atoms with Crippen LogP contribution in [-0.4, -0.2) is 29.2 Å². The van der Waals surface area contributed by atoms with E-state index < -0.39 is 11.0 Å². The molecule has 0 saturated heterocycles. The van der Waals surface area contributed by atoms with E-state index in [0.29, 0.717) is 31.1 Å². The maximum atomic E-state index is 12.1. The van der Waals surface area contributed by atoms with Crippen LogP contribution in [-0.2, 0) is 6.54 Å². The molecule has 9 heteroatoms. The Kier molecular flexibility index (Phi) is 4.93. The first-order valence-electron chi connectivity index (χ1n) is 7.65. The van der Waals surface area contributed by atoms with Crippen LogP contribution in [0, 0.1) is 10.1 Å². The Hall–Kier alpha value is -3.36. The minimum absolute atomic E-state index is 0.0398. The zero-order valence-corrected chi connectivity index (χ0v) is 13.2. The van der Waals surface area contributed by atoms with Gasteiger partial charge in [0.1, 0.15) is 5.69 Å². The van der Waals surface area contributed by atoms with Gasteiger partial charge in [0.05, 0.1) is 24.2 Å². The first-order chi connectivity index (χ1) is 12.1. The summed E-state index contributed by atoms with van der Waals surface area (Å²) in [5.41, 5.74) is 0.588. The minimum atomic E-state index is -0.578. The van der Waals surface area contributed by atoms with E-state index in [4.69, 9.17) is 9.47 Å². The second-order valence-electron chi connectivity index (χ2n) is 5.29. The van der Waals surface area contributed by atoms with Crippen LogP contribution in [0.1, 0.15) is 12.0 Å². The number of nitro groups is 1. The van der Waals surface area contributed by atoms with Crippen molar-refractivity contribution in [2.45, 2.75) is 13.0 Å². The van der Waals surface area contributed by atoms with Gasteiger partial charge in [-0.05, 0) is 11.6 Å². The second kappa shape index (κ2) is 7.47. The number of aromatic nitrogens is 1. The lowest BCUT2D eigenvalue weighted by Gasteiger charge is -2.12. The van der Waals surface area contributed by atoms with E-state index >= 15 is 0 Å². The Bertz CT molecular complexity index is 782. The van der Waals surface area contributed by atoms with E-state index in [2.05, 4.69) is 15.6 Å². The molecule has 0 unspecified atom stereocenters. The third kappa shape index (κ3) is 4.14. The van der Waals surface area contributed by atoms with Gasteiger partial charge in [-0.15, -0.1) is 0 Å². The second-order valence-corrected chi connectivity index (χ2v) is 5.29. The van der Waals surface area contributed by atoms with E-state index in [0.717, 1.165) is 5.56 Å². The molecule has 0 fully saturated rings. The van der Waals surface area contributed by atoms with Gasteiger partial charge in [-0.3, -0.25) is 15.1 Å². The van der Waals surface area contributed by atoms with Crippen LogP contribution >= 0.6 is 0 Å². The van der Waals surface area contributed by atoms with Gasteiger partial charge in [0, 0.05) is 31.4 Å². The smallest absolute Gasteiger partial charge is 0.319 e. The Morgan fingerprint density at radius 3 is 2.72 bits per heavy atom. The van der Waals surface area contributed by atoms with E-state index in [1.54, 1.807) is 18.5 Å². The molecule has 25 heavy (non-hydrogen) atoms. The van der Waals surface area contributed by atoms with Crippen molar-refractivity contribution in [1.29, 1.82) is 0 Å². The predicted octanol–water partition coefficient (Wildman–Crippen LogP) is 2.47. The number of ether oxygens (including phenoxy) is 2. The zero-order chi connectivity index (χ0) is 17.6. The topological polar surface area (TPSA) is 116 Å². The molecule has 0 spiro atoms. The van der Waals surface area contributed by atoms with Crippen molar-refractivity contribution in [3.8, 4) is 11.5 Å². The number of urea groups is 1. The molecule has 2 amide bonds. The molecule has 1 aromatic heterocycles. The molecule has 2 N–H and O–H groups in total. The van der Waals surface area contributed by atoms with Gasteiger partial charge in [0.25, 0.3) is 5.69 Å². The Morgan fingerprint density at radius 2 is 2.04 bits per heavy atom. The highest BCUT2D eigenvalue weighted by atomic mass is 16.6. The lowest BCUT2D eigenvalue weighted by molar-refractivity contribution is -0.384. The monoisotopic (exact) mass is 344 g/mol. The van der Waals surface area contributed by atoms with Gasteiger partial charge >= 0.3 is 6.03 Å². The average molecular weight is 344 g/mol. The lowest BCUT2D eigenvalue weighted by atomic mass is 10.2. The van der Waals surface area contributed by atoms with E-state index in [9.17, 15) is 14.9 Å². The van der Waals surface area contributed by atoms with E-state index in [-0.39, 0.29) is 17.9 Å². The van der Waals surface area contributed by atoms with Gasteiger partial charge in [0.2, 0.25) is 0 Å². The van der Waals surface area contributed by atoms with Crippen molar-refractivity contribution in [2.24, 2.45) is 0 Å². The van der Waals surface area contributed by atoms with Gasteiger partial charge in [-0.25, -0.2) is 4.79 Å². The first-order valence-corrected chi connectivity index (χ1v) is 7.65. The molecule has 130 valence electrons. The van der Waals surface area contributed by atoms with Gasteiger partial charge in [-0.1, -0.05) is 6.07 Å². The molecule has 0 bridgehead atoms. The van der Waals surface area contributed by atoms with Crippen LogP contribution < -0.4 is 20.1 Å². The molecule has 1 aliphatic rings. The molecule has 2 heterocycles. The van der Waals surface area contributed by atoms with E-state index in [1.165, 1.54) is 12.1 Å². The number of anilines is 1. The number of hydrogen-bond acceptors (Lipinski definition) is 6.